The Hall–Kier alpha value is -1.88. The molecule has 0 fully saturated rings. The fourth-order valence-corrected chi connectivity index (χ4v) is 2.15. The van der Waals surface area contributed by atoms with Crippen molar-refractivity contribution in [3.05, 3.63) is 36.4 Å². The zero-order valence-corrected chi connectivity index (χ0v) is 13.2. The highest BCUT2D eigenvalue weighted by Gasteiger charge is 2.10. The summed E-state index contributed by atoms with van der Waals surface area (Å²) >= 11 is 0. The average Bonchev–Trinajstić information content (AvgIpc) is 2.94. The van der Waals surface area contributed by atoms with E-state index in [4.69, 9.17) is 4.74 Å². The van der Waals surface area contributed by atoms with Crippen LogP contribution < -0.4 is 10.1 Å². The van der Waals surface area contributed by atoms with Gasteiger partial charge in [-0.2, -0.15) is 5.10 Å². The molecule has 0 aliphatic heterocycles. The quantitative estimate of drug-likeness (QED) is 0.843. The minimum atomic E-state index is 0.299. The molecular formula is C16H24N4O. The topological polar surface area (TPSA) is 52.0 Å². The summed E-state index contributed by atoms with van der Waals surface area (Å²) < 4.78 is 7.64. The summed E-state index contributed by atoms with van der Waals surface area (Å²) in [5.74, 6) is 1.46. The number of hydrogen-bond donors (Lipinski definition) is 1. The number of pyridine rings is 1. The van der Waals surface area contributed by atoms with Crippen LogP contribution >= 0.6 is 0 Å². The van der Waals surface area contributed by atoms with Gasteiger partial charge < -0.3 is 10.1 Å². The molecule has 2 rings (SSSR count). The molecule has 2 aromatic heterocycles. The number of nitrogens with one attached hydrogen (secondary N) is 1. The Morgan fingerprint density at radius 1 is 1.19 bits per heavy atom. The molecule has 0 bridgehead atoms. The molecule has 5 nitrogen and oxygen atoms in total. The van der Waals surface area contributed by atoms with E-state index in [9.17, 15) is 0 Å². The number of aromatic nitrogens is 3. The second-order valence-electron chi connectivity index (χ2n) is 5.29. The molecule has 2 aromatic rings. The first kappa shape index (κ1) is 15.5. The Labute approximate surface area is 126 Å². The molecule has 0 radical (unpaired) electrons. The molecular weight excluding hydrogens is 264 g/mol. The highest BCUT2D eigenvalue weighted by molar-refractivity contribution is 5.27. The lowest BCUT2D eigenvalue weighted by Gasteiger charge is -2.15. The SMILES string of the molecule is CCNC(CC)c1ccc(Oc2cnn(C(C)C)c2)cn1. The van der Waals surface area contributed by atoms with Crippen molar-refractivity contribution in [1.82, 2.24) is 20.1 Å². The van der Waals surface area contributed by atoms with Crippen molar-refractivity contribution < 1.29 is 4.74 Å². The van der Waals surface area contributed by atoms with Gasteiger partial charge in [-0.3, -0.25) is 9.67 Å². The van der Waals surface area contributed by atoms with Crippen LogP contribution in [0.5, 0.6) is 11.5 Å². The average molecular weight is 288 g/mol. The molecule has 0 aromatic carbocycles. The van der Waals surface area contributed by atoms with Gasteiger partial charge in [0.25, 0.3) is 0 Å². The van der Waals surface area contributed by atoms with E-state index in [0.717, 1.165) is 30.2 Å². The Morgan fingerprint density at radius 2 is 2.00 bits per heavy atom. The lowest BCUT2D eigenvalue weighted by atomic mass is 10.1. The van der Waals surface area contributed by atoms with Crippen LogP contribution in [0, 0.1) is 0 Å². The Bertz CT molecular complexity index is 548. The normalized spacial score (nSPS) is 12.6. The molecule has 0 aliphatic rings. The minimum Gasteiger partial charge on any atom is -0.452 e. The Kier molecular flexibility index (Phi) is 5.33. The van der Waals surface area contributed by atoms with E-state index < -0.39 is 0 Å². The molecule has 114 valence electrons. The van der Waals surface area contributed by atoms with Gasteiger partial charge in [0.1, 0.15) is 5.75 Å². The summed E-state index contributed by atoms with van der Waals surface area (Å²) in [5, 5.41) is 7.67. The van der Waals surface area contributed by atoms with Crippen LogP contribution in [0.4, 0.5) is 0 Å². The van der Waals surface area contributed by atoms with E-state index in [1.807, 2.05) is 23.0 Å². The van der Waals surface area contributed by atoms with Gasteiger partial charge in [0.05, 0.1) is 24.3 Å². The molecule has 5 heteroatoms. The smallest absolute Gasteiger partial charge is 0.165 e. The third-order valence-corrected chi connectivity index (χ3v) is 3.32. The largest absolute Gasteiger partial charge is 0.452 e. The first-order valence-corrected chi connectivity index (χ1v) is 7.55. The molecule has 0 amide bonds. The van der Waals surface area contributed by atoms with Gasteiger partial charge in [-0.25, -0.2) is 0 Å². The molecule has 1 N–H and O–H groups in total. The summed E-state index contributed by atoms with van der Waals surface area (Å²) in [7, 11) is 0. The standard InChI is InChI=1S/C16H24N4O/c1-5-15(17-6-2)16-8-7-13(9-18-16)21-14-10-19-20(11-14)12(3)4/h7-12,15,17H,5-6H2,1-4H3. The maximum Gasteiger partial charge on any atom is 0.165 e. The maximum atomic E-state index is 5.77. The summed E-state index contributed by atoms with van der Waals surface area (Å²) in [6.07, 6.45) is 6.40. The van der Waals surface area contributed by atoms with Gasteiger partial charge in [0.15, 0.2) is 5.75 Å². The highest BCUT2D eigenvalue weighted by Crippen LogP contribution is 2.23. The van der Waals surface area contributed by atoms with Gasteiger partial charge in [0.2, 0.25) is 0 Å². The number of hydrogen-bond acceptors (Lipinski definition) is 4. The van der Waals surface area contributed by atoms with Gasteiger partial charge in [-0.1, -0.05) is 13.8 Å². The second kappa shape index (κ2) is 7.22. The van der Waals surface area contributed by atoms with E-state index in [2.05, 4.69) is 43.1 Å². The summed E-state index contributed by atoms with van der Waals surface area (Å²) in [6, 6.07) is 4.59. The predicted octanol–water partition coefficient (Wildman–Crippen LogP) is 3.71. The molecule has 0 spiro atoms. The summed E-state index contributed by atoms with van der Waals surface area (Å²) in [4.78, 5) is 4.49. The maximum absolute atomic E-state index is 5.77. The molecule has 0 saturated carbocycles. The Morgan fingerprint density at radius 3 is 2.52 bits per heavy atom. The summed E-state index contributed by atoms with van der Waals surface area (Å²) in [5.41, 5.74) is 1.05. The third kappa shape index (κ3) is 4.04. The van der Waals surface area contributed by atoms with E-state index >= 15 is 0 Å². The zero-order valence-electron chi connectivity index (χ0n) is 13.2. The molecule has 0 saturated heterocycles. The van der Waals surface area contributed by atoms with Crippen molar-refractivity contribution >= 4 is 0 Å². The van der Waals surface area contributed by atoms with Crippen molar-refractivity contribution in [1.29, 1.82) is 0 Å². The highest BCUT2D eigenvalue weighted by atomic mass is 16.5. The fraction of sp³-hybridized carbons (Fsp3) is 0.500. The van der Waals surface area contributed by atoms with E-state index in [0.29, 0.717) is 12.1 Å². The van der Waals surface area contributed by atoms with Crippen molar-refractivity contribution in [2.75, 3.05) is 6.54 Å². The lowest BCUT2D eigenvalue weighted by molar-refractivity contribution is 0.471. The van der Waals surface area contributed by atoms with Crippen LogP contribution in [0.1, 0.15) is 51.9 Å². The molecule has 21 heavy (non-hydrogen) atoms. The van der Waals surface area contributed by atoms with Crippen molar-refractivity contribution in [3.63, 3.8) is 0 Å². The van der Waals surface area contributed by atoms with E-state index in [1.165, 1.54) is 0 Å². The second-order valence-corrected chi connectivity index (χ2v) is 5.29. The van der Waals surface area contributed by atoms with Crippen molar-refractivity contribution in [3.8, 4) is 11.5 Å². The fourth-order valence-electron chi connectivity index (χ4n) is 2.15. The molecule has 2 heterocycles. The van der Waals surface area contributed by atoms with Crippen LogP contribution in [0.2, 0.25) is 0 Å². The third-order valence-electron chi connectivity index (χ3n) is 3.32. The van der Waals surface area contributed by atoms with Crippen molar-refractivity contribution in [2.45, 2.75) is 46.2 Å². The number of rotatable bonds is 7. The number of nitrogens with zero attached hydrogens (tertiary/aromatic N) is 3. The molecule has 0 aliphatic carbocycles. The molecule has 1 atom stereocenters. The van der Waals surface area contributed by atoms with Crippen LogP contribution in [0.15, 0.2) is 30.7 Å². The van der Waals surface area contributed by atoms with Crippen LogP contribution in [0.25, 0.3) is 0 Å². The predicted molar refractivity (Wildman–Crippen MR) is 83.6 cm³/mol. The van der Waals surface area contributed by atoms with Crippen molar-refractivity contribution in [2.24, 2.45) is 0 Å². The van der Waals surface area contributed by atoms with Crippen LogP contribution in [-0.4, -0.2) is 21.3 Å². The monoisotopic (exact) mass is 288 g/mol. The van der Waals surface area contributed by atoms with Gasteiger partial charge >= 0.3 is 0 Å². The number of ether oxygens (including phenoxy) is 1. The first-order chi connectivity index (χ1) is 10.1. The molecule has 1 unspecified atom stereocenters. The van der Waals surface area contributed by atoms with Crippen LogP contribution in [-0.2, 0) is 0 Å². The van der Waals surface area contributed by atoms with Crippen LogP contribution in [0.3, 0.4) is 0 Å². The summed E-state index contributed by atoms with van der Waals surface area (Å²) in [6.45, 7) is 9.36. The van der Waals surface area contributed by atoms with Gasteiger partial charge in [0, 0.05) is 12.1 Å². The first-order valence-electron chi connectivity index (χ1n) is 7.55. The van der Waals surface area contributed by atoms with Gasteiger partial charge in [-0.05, 0) is 38.9 Å². The lowest BCUT2D eigenvalue weighted by Crippen LogP contribution is -2.20. The van der Waals surface area contributed by atoms with E-state index in [1.54, 1.807) is 12.4 Å². The van der Waals surface area contributed by atoms with E-state index in [-0.39, 0.29) is 0 Å². The zero-order chi connectivity index (χ0) is 15.2. The minimum absolute atomic E-state index is 0.299. The Balaban J connectivity index is 2.04. The van der Waals surface area contributed by atoms with Gasteiger partial charge in [-0.15, -0.1) is 0 Å².